The van der Waals surface area contributed by atoms with Crippen molar-refractivity contribution in [2.24, 2.45) is 5.92 Å². The summed E-state index contributed by atoms with van der Waals surface area (Å²) in [6.45, 7) is 4.29. The molecule has 0 heterocycles. The van der Waals surface area contributed by atoms with E-state index in [9.17, 15) is 5.11 Å². The summed E-state index contributed by atoms with van der Waals surface area (Å²) in [5.74, 6) is 2.59. The van der Waals surface area contributed by atoms with Crippen molar-refractivity contribution in [2.75, 3.05) is 0 Å². The zero-order chi connectivity index (χ0) is 10.6. The van der Waals surface area contributed by atoms with Crippen LogP contribution in [0, 0.1) is 5.92 Å². The number of benzene rings is 1. The molecule has 0 spiro atoms. The second-order valence-electron chi connectivity index (χ2n) is 5.38. The summed E-state index contributed by atoms with van der Waals surface area (Å²) in [7, 11) is 0. The van der Waals surface area contributed by atoms with Crippen molar-refractivity contribution in [1.29, 1.82) is 0 Å². The third-order valence-corrected chi connectivity index (χ3v) is 3.96. The molecule has 1 N–H and O–H groups in total. The van der Waals surface area contributed by atoms with Crippen LogP contribution >= 0.6 is 0 Å². The maximum Gasteiger partial charge on any atom is 0.122 e. The van der Waals surface area contributed by atoms with Crippen LogP contribution in [0.1, 0.15) is 55.2 Å². The first-order valence-corrected chi connectivity index (χ1v) is 6.03. The summed E-state index contributed by atoms with van der Waals surface area (Å²) in [5.41, 5.74) is 3.79. The van der Waals surface area contributed by atoms with Gasteiger partial charge < -0.3 is 5.11 Å². The monoisotopic (exact) mass is 202 g/mol. The lowest BCUT2D eigenvalue weighted by Gasteiger charge is -2.32. The van der Waals surface area contributed by atoms with Crippen LogP contribution in [0.5, 0.6) is 5.75 Å². The van der Waals surface area contributed by atoms with Crippen molar-refractivity contribution < 1.29 is 5.11 Å². The molecule has 15 heavy (non-hydrogen) atoms. The second-order valence-corrected chi connectivity index (χ2v) is 5.38. The normalized spacial score (nSPS) is 23.8. The van der Waals surface area contributed by atoms with E-state index in [2.05, 4.69) is 26.0 Å². The number of aromatic hydroxyl groups is 1. The van der Waals surface area contributed by atoms with Crippen LogP contribution in [0.2, 0.25) is 0 Å². The van der Waals surface area contributed by atoms with Crippen LogP contribution in [-0.2, 0) is 6.42 Å². The molecule has 0 bridgehead atoms. The van der Waals surface area contributed by atoms with Crippen molar-refractivity contribution in [3.63, 3.8) is 0 Å². The number of rotatable bonds is 2. The molecule has 0 aromatic heterocycles. The smallest absolute Gasteiger partial charge is 0.122 e. The minimum absolute atomic E-state index is 0.427. The summed E-state index contributed by atoms with van der Waals surface area (Å²) < 4.78 is 0. The first-order valence-electron chi connectivity index (χ1n) is 6.03. The summed E-state index contributed by atoms with van der Waals surface area (Å²) in [4.78, 5) is 0. The highest BCUT2D eigenvalue weighted by Crippen LogP contribution is 2.54. The standard InChI is InChI=1S/C14H18O/c1-8(2)11-6-5-10-7-12(9-3-4-9)13(10)14(11)15/h5-6,8-9,12,15H,3-4,7H2,1-2H3. The van der Waals surface area contributed by atoms with Gasteiger partial charge in [0.2, 0.25) is 0 Å². The molecule has 0 saturated heterocycles. The van der Waals surface area contributed by atoms with Gasteiger partial charge in [-0.2, -0.15) is 0 Å². The fourth-order valence-corrected chi connectivity index (χ4v) is 2.83. The lowest BCUT2D eigenvalue weighted by atomic mass is 9.72. The molecule has 1 unspecified atom stereocenters. The van der Waals surface area contributed by atoms with Crippen LogP contribution in [0.3, 0.4) is 0 Å². The highest BCUT2D eigenvalue weighted by molar-refractivity contribution is 5.55. The van der Waals surface area contributed by atoms with Gasteiger partial charge >= 0.3 is 0 Å². The summed E-state index contributed by atoms with van der Waals surface area (Å²) in [6.07, 6.45) is 3.94. The minimum Gasteiger partial charge on any atom is -0.507 e. The Kier molecular flexibility index (Phi) is 1.86. The number of hydrogen-bond acceptors (Lipinski definition) is 1. The van der Waals surface area contributed by atoms with E-state index >= 15 is 0 Å². The predicted octanol–water partition coefficient (Wildman–Crippen LogP) is 3.57. The maximum atomic E-state index is 10.2. The van der Waals surface area contributed by atoms with E-state index in [1.54, 1.807) is 0 Å². The van der Waals surface area contributed by atoms with Gasteiger partial charge in [-0.05, 0) is 48.1 Å². The molecule has 2 aliphatic rings. The molecule has 0 aliphatic heterocycles. The number of phenols is 1. The summed E-state index contributed by atoms with van der Waals surface area (Å²) in [5, 5.41) is 10.2. The molecule has 1 nitrogen and oxygen atoms in total. The Morgan fingerprint density at radius 3 is 2.60 bits per heavy atom. The van der Waals surface area contributed by atoms with Gasteiger partial charge in [-0.15, -0.1) is 0 Å². The Labute approximate surface area is 91.1 Å². The quantitative estimate of drug-likeness (QED) is 0.777. The first-order chi connectivity index (χ1) is 7.18. The average molecular weight is 202 g/mol. The van der Waals surface area contributed by atoms with E-state index in [0.29, 0.717) is 17.6 Å². The highest BCUT2D eigenvalue weighted by atomic mass is 16.3. The Balaban J connectivity index is 2.02. The molecule has 0 radical (unpaired) electrons. The Morgan fingerprint density at radius 1 is 1.27 bits per heavy atom. The average Bonchev–Trinajstić information content (AvgIpc) is 2.90. The SMILES string of the molecule is CC(C)c1ccc2c(c1O)C(C1CC1)C2. The maximum absolute atomic E-state index is 10.2. The van der Waals surface area contributed by atoms with Crippen molar-refractivity contribution in [2.45, 2.75) is 44.9 Å². The minimum atomic E-state index is 0.427. The molecule has 1 fully saturated rings. The van der Waals surface area contributed by atoms with Crippen LogP contribution in [0.25, 0.3) is 0 Å². The second kappa shape index (κ2) is 3.01. The highest BCUT2D eigenvalue weighted by Gasteiger charge is 2.41. The summed E-state index contributed by atoms with van der Waals surface area (Å²) >= 11 is 0. The lowest BCUT2D eigenvalue weighted by Crippen LogP contribution is -2.19. The van der Waals surface area contributed by atoms with Crippen molar-refractivity contribution in [1.82, 2.24) is 0 Å². The number of phenolic OH excluding ortho intramolecular Hbond substituents is 1. The van der Waals surface area contributed by atoms with E-state index in [4.69, 9.17) is 0 Å². The Hall–Kier alpha value is -0.980. The van der Waals surface area contributed by atoms with E-state index in [1.807, 2.05) is 0 Å². The number of fused-ring (bicyclic) bond motifs is 1. The van der Waals surface area contributed by atoms with E-state index in [1.165, 1.54) is 30.4 Å². The molecule has 1 heteroatoms. The van der Waals surface area contributed by atoms with E-state index in [0.717, 1.165) is 11.5 Å². The molecule has 1 atom stereocenters. The fraction of sp³-hybridized carbons (Fsp3) is 0.571. The van der Waals surface area contributed by atoms with Gasteiger partial charge in [0.05, 0.1) is 0 Å². The lowest BCUT2D eigenvalue weighted by molar-refractivity contribution is 0.425. The third kappa shape index (κ3) is 1.29. The topological polar surface area (TPSA) is 20.2 Å². The van der Waals surface area contributed by atoms with Gasteiger partial charge in [-0.25, -0.2) is 0 Å². The molecule has 1 saturated carbocycles. The van der Waals surface area contributed by atoms with Gasteiger partial charge in [-0.1, -0.05) is 26.0 Å². The fourth-order valence-electron chi connectivity index (χ4n) is 2.83. The van der Waals surface area contributed by atoms with Gasteiger partial charge in [0.15, 0.2) is 0 Å². The first kappa shape index (κ1) is 9.26. The molecule has 1 aromatic carbocycles. The predicted molar refractivity (Wildman–Crippen MR) is 61.4 cm³/mol. The van der Waals surface area contributed by atoms with Gasteiger partial charge in [0, 0.05) is 5.56 Å². The molecular formula is C14H18O. The molecule has 0 amide bonds. The number of hydrogen-bond donors (Lipinski definition) is 1. The molecular weight excluding hydrogens is 184 g/mol. The zero-order valence-corrected chi connectivity index (χ0v) is 9.46. The molecule has 1 aromatic rings. The van der Waals surface area contributed by atoms with Crippen LogP contribution in [0.15, 0.2) is 12.1 Å². The van der Waals surface area contributed by atoms with Crippen LogP contribution in [0.4, 0.5) is 0 Å². The van der Waals surface area contributed by atoms with Gasteiger partial charge in [0.1, 0.15) is 5.75 Å². The van der Waals surface area contributed by atoms with Crippen LogP contribution < -0.4 is 0 Å². The zero-order valence-electron chi connectivity index (χ0n) is 9.46. The van der Waals surface area contributed by atoms with Gasteiger partial charge in [-0.3, -0.25) is 0 Å². The summed E-state index contributed by atoms with van der Waals surface area (Å²) in [6, 6.07) is 4.31. The Morgan fingerprint density at radius 2 is 2.00 bits per heavy atom. The van der Waals surface area contributed by atoms with Gasteiger partial charge in [0.25, 0.3) is 0 Å². The third-order valence-electron chi connectivity index (χ3n) is 3.96. The van der Waals surface area contributed by atoms with E-state index in [-0.39, 0.29) is 0 Å². The molecule has 2 aliphatic carbocycles. The Bertz CT molecular complexity index is 402. The van der Waals surface area contributed by atoms with Crippen molar-refractivity contribution >= 4 is 0 Å². The molecule has 3 rings (SSSR count). The molecule has 80 valence electrons. The van der Waals surface area contributed by atoms with Crippen molar-refractivity contribution in [3.05, 3.63) is 28.8 Å². The van der Waals surface area contributed by atoms with Crippen molar-refractivity contribution in [3.8, 4) is 5.75 Å². The van der Waals surface area contributed by atoms with Crippen LogP contribution in [-0.4, -0.2) is 5.11 Å². The van der Waals surface area contributed by atoms with E-state index < -0.39 is 0 Å². The largest absolute Gasteiger partial charge is 0.507 e.